The molecule has 1 N–H and O–H groups in total. The number of benzene rings is 2. The largest absolute Gasteiger partial charge is 0.352 e. The second kappa shape index (κ2) is 11.5. The highest BCUT2D eigenvalue weighted by atomic mass is 32.2. The molecule has 3 rings (SSSR count). The molecule has 1 aliphatic rings. The zero-order chi connectivity index (χ0) is 26.5. The molecule has 0 aliphatic heterocycles. The van der Waals surface area contributed by atoms with Gasteiger partial charge in [-0.1, -0.05) is 43.2 Å². The molecule has 194 valence electrons. The van der Waals surface area contributed by atoms with Gasteiger partial charge < -0.3 is 10.2 Å². The number of nitrogens with zero attached hydrogens (tertiary/aromatic N) is 3. The summed E-state index contributed by atoms with van der Waals surface area (Å²) in [6.07, 6.45) is 4.79. The van der Waals surface area contributed by atoms with E-state index in [4.69, 9.17) is 0 Å². The number of nitro benzene ring substituents is 1. The van der Waals surface area contributed by atoms with E-state index in [0.717, 1.165) is 53.4 Å². The Balaban J connectivity index is 1.91. The Labute approximate surface area is 211 Å². The molecule has 0 heterocycles. The maximum atomic E-state index is 13.6. The van der Waals surface area contributed by atoms with Crippen molar-refractivity contribution in [1.29, 1.82) is 0 Å². The fourth-order valence-electron chi connectivity index (χ4n) is 4.32. The zero-order valence-electron chi connectivity index (χ0n) is 20.7. The first-order valence-corrected chi connectivity index (χ1v) is 13.7. The van der Waals surface area contributed by atoms with E-state index >= 15 is 0 Å². The Morgan fingerprint density at radius 2 is 1.81 bits per heavy atom. The molecule has 0 spiro atoms. The minimum atomic E-state index is -3.97. The number of hydrogen-bond acceptors (Lipinski definition) is 6. The quantitative estimate of drug-likeness (QED) is 0.381. The van der Waals surface area contributed by atoms with Crippen LogP contribution in [-0.4, -0.2) is 54.9 Å². The molecule has 0 radical (unpaired) electrons. The van der Waals surface area contributed by atoms with Gasteiger partial charge >= 0.3 is 0 Å². The van der Waals surface area contributed by atoms with Crippen LogP contribution in [0.25, 0.3) is 0 Å². The van der Waals surface area contributed by atoms with Gasteiger partial charge in [0.2, 0.25) is 21.8 Å². The minimum absolute atomic E-state index is 0.000970. The molecule has 1 unspecified atom stereocenters. The Kier molecular flexibility index (Phi) is 8.67. The summed E-state index contributed by atoms with van der Waals surface area (Å²) in [7, 11) is -3.97. The van der Waals surface area contributed by atoms with E-state index in [1.54, 1.807) is 6.92 Å². The topological polar surface area (TPSA) is 130 Å². The van der Waals surface area contributed by atoms with Crippen LogP contribution in [0, 0.1) is 17.0 Å². The third-order valence-corrected chi connectivity index (χ3v) is 7.62. The van der Waals surface area contributed by atoms with Crippen LogP contribution in [0.4, 0.5) is 11.4 Å². The smallest absolute Gasteiger partial charge is 0.271 e. The fourth-order valence-corrected chi connectivity index (χ4v) is 5.16. The normalized spacial score (nSPS) is 14.8. The lowest BCUT2D eigenvalue weighted by molar-refractivity contribution is -0.384. The van der Waals surface area contributed by atoms with Crippen LogP contribution < -0.4 is 9.62 Å². The van der Waals surface area contributed by atoms with Crippen molar-refractivity contribution in [3.63, 3.8) is 0 Å². The van der Waals surface area contributed by atoms with E-state index in [2.05, 4.69) is 5.32 Å². The van der Waals surface area contributed by atoms with Gasteiger partial charge in [-0.05, 0) is 43.9 Å². The highest BCUT2D eigenvalue weighted by Crippen LogP contribution is 2.24. The standard InChI is InChI=1S/C25H32N4O6S/c1-18-9-4-5-10-20(18)16-27(19(2)25(31)26-21-11-6-7-12-21)24(30)17-28(36(3,34)35)22-13-8-14-23(15-22)29(32)33/h4-5,8-10,13-15,19,21H,6-7,11-12,16-17H2,1-3H3,(H,26,31). The number of carbonyl (C=O) groups is 2. The third kappa shape index (κ3) is 6.81. The van der Waals surface area contributed by atoms with E-state index in [-0.39, 0.29) is 29.9 Å². The van der Waals surface area contributed by atoms with Crippen LogP contribution in [0.15, 0.2) is 48.5 Å². The third-order valence-electron chi connectivity index (χ3n) is 6.48. The van der Waals surface area contributed by atoms with E-state index < -0.39 is 33.4 Å². The van der Waals surface area contributed by atoms with Crippen molar-refractivity contribution in [3.05, 3.63) is 69.8 Å². The molecular weight excluding hydrogens is 484 g/mol. The molecule has 36 heavy (non-hydrogen) atoms. The number of nitrogens with one attached hydrogen (secondary N) is 1. The summed E-state index contributed by atoms with van der Waals surface area (Å²) >= 11 is 0. The predicted octanol–water partition coefficient (Wildman–Crippen LogP) is 3.15. The molecule has 10 nitrogen and oxygen atoms in total. The average molecular weight is 517 g/mol. The molecule has 11 heteroatoms. The molecule has 2 amide bonds. The zero-order valence-corrected chi connectivity index (χ0v) is 21.5. The summed E-state index contributed by atoms with van der Waals surface area (Å²) < 4.78 is 26.1. The second-order valence-corrected chi connectivity index (χ2v) is 11.1. The van der Waals surface area contributed by atoms with Gasteiger partial charge in [-0.25, -0.2) is 8.42 Å². The SMILES string of the molecule is Cc1ccccc1CN(C(=O)CN(c1cccc([N+](=O)[O-])c1)S(C)(=O)=O)C(C)C(=O)NC1CCCC1. The number of carbonyl (C=O) groups excluding carboxylic acids is 2. The molecular formula is C25H32N4O6S. The number of anilines is 1. The van der Waals surface area contributed by atoms with Gasteiger partial charge in [0.15, 0.2) is 0 Å². The first-order chi connectivity index (χ1) is 17.0. The van der Waals surface area contributed by atoms with Gasteiger partial charge in [0, 0.05) is 24.7 Å². The predicted molar refractivity (Wildman–Crippen MR) is 137 cm³/mol. The van der Waals surface area contributed by atoms with Crippen molar-refractivity contribution in [3.8, 4) is 0 Å². The molecule has 1 aliphatic carbocycles. The number of non-ortho nitro benzene ring substituents is 1. The molecule has 0 bridgehead atoms. The maximum absolute atomic E-state index is 13.6. The Morgan fingerprint density at radius 1 is 1.14 bits per heavy atom. The minimum Gasteiger partial charge on any atom is -0.352 e. The van der Waals surface area contributed by atoms with Crippen molar-refractivity contribution in [2.45, 2.75) is 58.2 Å². The molecule has 2 aromatic carbocycles. The lowest BCUT2D eigenvalue weighted by atomic mass is 10.1. The van der Waals surface area contributed by atoms with Crippen LogP contribution in [0.5, 0.6) is 0 Å². The number of hydrogen-bond donors (Lipinski definition) is 1. The van der Waals surface area contributed by atoms with Crippen molar-refractivity contribution in [2.75, 3.05) is 17.1 Å². The van der Waals surface area contributed by atoms with Gasteiger partial charge in [-0.15, -0.1) is 0 Å². The number of rotatable bonds is 10. The van der Waals surface area contributed by atoms with E-state index in [0.29, 0.717) is 0 Å². The molecule has 1 saturated carbocycles. The van der Waals surface area contributed by atoms with Gasteiger partial charge in [-0.3, -0.25) is 24.0 Å². The van der Waals surface area contributed by atoms with E-state index in [9.17, 15) is 28.1 Å². The fraction of sp³-hybridized carbons (Fsp3) is 0.440. The summed E-state index contributed by atoms with van der Waals surface area (Å²) in [4.78, 5) is 38.6. The highest BCUT2D eigenvalue weighted by molar-refractivity contribution is 7.92. The summed E-state index contributed by atoms with van der Waals surface area (Å²) in [6, 6.07) is 11.8. The first kappa shape index (κ1) is 27.1. The summed E-state index contributed by atoms with van der Waals surface area (Å²) in [5.41, 5.74) is 1.46. The Morgan fingerprint density at radius 3 is 2.42 bits per heavy atom. The molecule has 0 saturated heterocycles. The number of sulfonamides is 1. The highest BCUT2D eigenvalue weighted by Gasteiger charge is 2.32. The van der Waals surface area contributed by atoms with E-state index in [1.807, 2.05) is 31.2 Å². The first-order valence-electron chi connectivity index (χ1n) is 11.8. The average Bonchev–Trinajstić information content (AvgIpc) is 3.33. The van der Waals surface area contributed by atoms with Crippen LogP contribution in [0.2, 0.25) is 0 Å². The van der Waals surface area contributed by atoms with Gasteiger partial charge in [-0.2, -0.15) is 0 Å². The Bertz CT molecular complexity index is 1230. The lowest BCUT2D eigenvalue weighted by Gasteiger charge is -2.32. The summed E-state index contributed by atoms with van der Waals surface area (Å²) in [6.45, 7) is 3.02. The molecule has 1 atom stereocenters. The molecule has 2 aromatic rings. The summed E-state index contributed by atoms with van der Waals surface area (Å²) in [5.74, 6) is -0.894. The van der Waals surface area contributed by atoms with Crippen LogP contribution in [0.1, 0.15) is 43.7 Å². The van der Waals surface area contributed by atoms with Gasteiger partial charge in [0.25, 0.3) is 5.69 Å². The van der Waals surface area contributed by atoms with Crippen LogP contribution in [-0.2, 0) is 26.2 Å². The number of nitro groups is 1. The number of amides is 2. The molecule has 0 aromatic heterocycles. The monoisotopic (exact) mass is 516 g/mol. The van der Waals surface area contributed by atoms with Crippen LogP contribution >= 0.6 is 0 Å². The van der Waals surface area contributed by atoms with Crippen molar-refractivity contribution in [1.82, 2.24) is 10.2 Å². The van der Waals surface area contributed by atoms with Gasteiger partial charge in [0.1, 0.15) is 12.6 Å². The van der Waals surface area contributed by atoms with Crippen molar-refractivity contribution < 1.29 is 22.9 Å². The second-order valence-electron chi connectivity index (χ2n) is 9.16. The van der Waals surface area contributed by atoms with Crippen LogP contribution in [0.3, 0.4) is 0 Å². The number of aryl methyl sites for hydroxylation is 1. The van der Waals surface area contributed by atoms with Gasteiger partial charge in [0.05, 0.1) is 16.9 Å². The summed E-state index contributed by atoms with van der Waals surface area (Å²) in [5, 5.41) is 14.2. The van der Waals surface area contributed by atoms with Crippen molar-refractivity contribution in [2.24, 2.45) is 0 Å². The molecule has 1 fully saturated rings. The van der Waals surface area contributed by atoms with E-state index in [1.165, 1.54) is 23.1 Å². The Hall–Kier alpha value is -3.47. The maximum Gasteiger partial charge on any atom is 0.271 e. The van der Waals surface area contributed by atoms with Crippen molar-refractivity contribution >= 4 is 33.2 Å². The lowest BCUT2D eigenvalue weighted by Crippen LogP contribution is -2.52.